The van der Waals surface area contributed by atoms with Crippen LogP contribution >= 0.6 is 0 Å². The molecule has 40 heavy (non-hydrogen) atoms. The fourth-order valence-electron chi connectivity index (χ4n) is 6.13. The third-order valence-electron chi connectivity index (χ3n) is 8.46. The molecule has 0 unspecified atom stereocenters. The zero-order chi connectivity index (χ0) is 27.2. The number of hydrogen-bond donors (Lipinski definition) is 1. The summed E-state index contributed by atoms with van der Waals surface area (Å²) in [5.74, 6) is 1.96. The highest BCUT2D eigenvalue weighted by molar-refractivity contribution is 5.83. The van der Waals surface area contributed by atoms with Crippen molar-refractivity contribution >= 4 is 16.6 Å². The van der Waals surface area contributed by atoms with E-state index in [9.17, 15) is 4.79 Å². The monoisotopic (exact) mass is 543 g/mol. The summed E-state index contributed by atoms with van der Waals surface area (Å²) in [5.41, 5.74) is 5.00. The van der Waals surface area contributed by atoms with E-state index in [0.717, 1.165) is 51.0 Å². The van der Waals surface area contributed by atoms with Crippen LogP contribution in [0.1, 0.15) is 41.4 Å². The van der Waals surface area contributed by atoms with Crippen LogP contribution in [0.5, 0.6) is 11.5 Å². The van der Waals surface area contributed by atoms with Crippen LogP contribution in [0, 0.1) is 13.8 Å². The molecule has 0 radical (unpaired) electrons. The smallest absolute Gasteiger partial charge is 0.253 e. The number of aromatic nitrogens is 5. The number of aromatic amines is 1. The highest BCUT2D eigenvalue weighted by atomic mass is 16.7. The Hall–Kier alpha value is -3.96. The average molecular weight is 544 g/mol. The molecule has 208 valence electrons. The summed E-state index contributed by atoms with van der Waals surface area (Å²) in [6.45, 7) is 8.99. The van der Waals surface area contributed by atoms with Gasteiger partial charge in [-0.05, 0) is 66.4 Å². The first-order valence-corrected chi connectivity index (χ1v) is 13.9. The number of rotatable bonds is 6. The maximum atomic E-state index is 13.7. The molecule has 0 aliphatic carbocycles. The van der Waals surface area contributed by atoms with Crippen molar-refractivity contribution in [2.24, 2.45) is 0 Å². The number of tetrazole rings is 1. The molecule has 2 fully saturated rings. The molecule has 0 amide bonds. The van der Waals surface area contributed by atoms with Gasteiger partial charge in [0.2, 0.25) is 6.79 Å². The molecular weight excluding hydrogens is 510 g/mol. The van der Waals surface area contributed by atoms with Gasteiger partial charge in [-0.15, -0.1) is 5.10 Å². The summed E-state index contributed by atoms with van der Waals surface area (Å²) in [6, 6.07) is 11.7. The van der Waals surface area contributed by atoms with Gasteiger partial charge in [0.1, 0.15) is 6.04 Å². The minimum Gasteiger partial charge on any atom is -0.454 e. The number of pyridine rings is 1. The molecule has 3 aliphatic rings. The Balaban J connectivity index is 1.26. The molecule has 1 N–H and O–H groups in total. The topological polar surface area (TPSA) is 111 Å². The standard InChI is InChI=1S/C29H33N7O4/c1-18-5-3-7-24(19(18)2)34-8-10-35(11-9-34)27(28-31-32-33-36(28)16-21-6-4-12-38-21)22-13-20-14-25-26(40-17-39-25)15-23(20)30-29(22)37/h3,5,7,13-15,21,27H,4,6,8-12,16-17H2,1-2H3,(H,30,37)/t21-,27-/m0/s1. The van der Waals surface area contributed by atoms with Crippen LogP contribution < -0.4 is 19.9 Å². The third kappa shape index (κ3) is 4.48. The fourth-order valence-corrected chi connectivity index (χ4v) is 6.13. The van der Waals surface area contributed by atoms with Gasteiger partial charge in [0.05, 0.1) is 18.2 Å². The Morgan fingerprint density at radius 2 is 1.90 bits per heavy atom. The number of H-pyrrole nitrogens is 1. The van der Waals surface area contributed by atoms with E-state index in [1.165, 1.54) is 16.8 Å². The van der Waals surface area contributed by atoms with E-state index in [1.54, 1.807) is 0 Å². The first-order valence-electron chi connectivity index (χ1n) is 13.9. The number of fused-ring (bicyclic) bond motifs is 2. The molecule has 2 aromatic heterocycles. The minimum absolute atomic E-state index is 0.0682. The van der Waals surface area contributed by atoms with Crippen LogP contribution in [0.25, 0.3) is 10.9 Å². The van der Waals surface area contributed by atoms with Gasteiger partial charge in [-0.3, -0.25) is 9.69 Å². The van der Waals surface area contributed by atoms with Gasteiger partial charge in [0.15, 0.2) is 17.3 Å². The van der Waals surface area contributed by atoms with Gasteiger partial charge >= 0.3 is 0 Å². The SMILES string of the molecule is Cc1cccc(N2CCN([C@@H](c3cc4cc5c(cc4[nH]c3=O)OCO5)c3nnnn3C[C@@H]3CCCO3)CC2)c1C. The van der Waals surface area contributed by atoms with Crippen molar-refractivity contribution in [1.29, 1.82) is 0 Å². The summed E-state index contributed by atoms with van der Waals surface area (Å²) in [6.07, 6.45) is 2.08. The molecule has 0 spiro atoms. The zero-order valence-electron chi connectivity index (χ0n) is 22.8. The van der Waals surface area contributed by atoms with E-state index >= 15 is 0 Å². The zero-order valence-corrected chi connectivity index (χ0v) is 22.8. The average Bonchev–Trinajstić information content (AvgIpc) is 3.74. The Morgan fingerprint density at radius 1 is 1.07 bits per heavy atom. The van der Waals surface area contributed by atoms with Crippen LogP contribution in [-0.4, -0.2) is 75.8 Å². The molecule has 2 aromatic carbocycles. The lowest BCUT2D eigenvalue weighted by Gasteiger charge is -2.40. The van der Waals surface area contributed by atoms with Crippen molar-refractivity contribution in [3.05, 3.63) is 69.3 Å². The van der Waals surface area contributed by atoms with Gasteiger partial charge < -0.3 is 24.1 Å². The predicted octanol–water partition coefficient (Wildman–Crippen LogP) is 2.95. The highest BCUT2D eigenvalue weighted by Crippen LogP contribution is 2.37. The van der Waals surface area contributed by atoms with Gasteiger partial charge in [-0.2, -0.15) is 0 Å². The van der Waals surface area contributed by atoms with Gasteiger partial charge in [-0.25, -0.2) is 4.68 Å². The van der Waals surface area contributed by atoms with Crippen molar-refractivity contribution in [2.45, 2.75) is 45.4 Å². The lowest BCUT2D eigenvalue weighted by atomic mass is 10.0. The number of ether oxygens (including phenoxy) is 3. The van der Waals surface area contributed by atoms with E-state index in [1.807, 2.05) is 22.9 Å². The summed E-state index contributed by atoms with van der Waals surface area (Å²) in [7, 11) is 0. The molecule has 11 nitrogen and oxygen atoms in total. The highest BCUT2D eigenvalue weighted by Gasteiger charge is 2.34. The molecule has 7 rings (SSSR count). The maximum absolute atomic E-state index is 13.7. The minimum atomic E-state index is -0.421. The van der Waals surface area contributed by atoms with Crippen molar-refractivity contribution in [1.82, 2.24) is 30.1 Å². The number of anilines is 1. The van der Waals surface area contributed by atoms with E-state index in [4.69, 9.17) is 14.2 Å². The largest absolute Gasteiger partial charge is 0.454 e. The normalized spacial score (nSPS) is 19.9. The molecule has 4 aromatic rings. The molecule has 2 atom stereocenters. The number of hydrogen-bond acceptors (Lipinski definition) is 9. The molecule has 0 bridgehead atoms. The van der Waals surface area contributed by atoms with Crippen LogP contribution in [0.15, 0.2) is 41.2 Å². The lowest BCUT2D eigenvalue weighted by molar-refractivity contribution is 0.0906. The van der Waals surface area contributed by atoms with Crippen molar-refractivity contribution in [3.63, 3.8) is 0 Å². The molecule has 0 saturated carbocycles. The molecule has 3 aliphatic heterocycles. The van der Waals surface area contributed by atoms with E-state index in [0.29, 0.717) is 34.9 Å². The van der Waals surface area contributed by atoms with Crippen molar-refractivity contribution in [3.8, 4) is 11.5 Å². The number of benzene rings is 2. The molecule has 2 saturated heterocycles. The number of aryl methyl sites for hydroxylation is 1. The van der Waals surface area contributed by atoms with Crippen LogP contribution in [0.2, 0.25) is 0 Å². The summed E-state index contributed by atoms with van der Waals surface area (Å²) >= 11 is 0. The Bertz CT molecular complexity index is 1600. The summed E-state index contributed by atoms with van der Waals surface area (Å²) in [5, 5.41) is 13.7. The quantitative estimate of drug-likeness (QED) is 0.392. The molecule has 11 heteroatoms. The Morgan fingerprint density at radius 3 is 2.70 bits per heavy atom. The van der Waals surface area contributed by atoms with Crippen LogP contribution in [-0.2, 0) is 11.3 Å². The lowest BCUT2D eigenvalue weighted by Crippen LogP contribution is -2.49. The van der Waals surface area contributed by atoms with Crippen LogP contribution in [0.3, 0.4) is 0 Å². The molecular formula is C29H33N7O4. The fraction of sp³-hybridized carbons (Fsp3) is 0.448. The predicted molar refractivity (Wildman–Crippen MR) is 149 cm³/mol. The van der Waals surface area contributed by atoms with Crippen molar-refractivity contribution in [2.75, 3.05) is 44.5 Å². The Labute approximate surface area is 231 Å². The first kappa shape index (κ1) is 25.0. The summed E-state index contributed by atoms with van der Waals surface area (Å²) in [4.78, 5) is 21.5. The van der Waals surface area contributed by atoms with E-state index < -0.39 is 6.04 Å². The number of piperazine rings is 1. The molecule has 5 heterocycles. The second kappa shape index (κ2) is 10.2. The van der Waals surface area contributed by atoms with E-state index in [-0.39, 0.29) is 18.5 Å². The van der Waals surface area contributed by atoms with Gasteiger partial charge in [0.25, 0.3) is 5.56 Å². The van der Waals surface area contributed by atoms with Crippen LogP contribution in [0.4, 0.5) is 5.69 Å². The number of nitrogens with zero attached hydrogens (tertiary/aromatic N) is 6. The van der Waals surface area contributed by atoms with Crippen molar-refractivity contribution < 1.29 is 14.2 Å². The Kier molecular flexibility index (Phi) is 6.39. The van der Waals surface area contributed by atoms with E-state index in [2.05, 4.69) is 62.4 Å². The van der Waals surface area contributed by atoms with Gasteiger partial charge in [0, 0.05) is 55.5 Å². The first-order chi connectivity index (χ1) is 19.5. The third-order valence-corrected chi connectivity index (χ3v) is 8.46. The maximum Gasteiger partial charge on any atom is 0.253 e. The van der Waals surface area contributed by atoms with Gasteiger partial charge in [-0.1, -0.05) is 12.1 Å². The second-order valence-electron chi connectivity index (χ2n) is 10.8. The summed E-state index contributed by atoms with van der Waals surface area (Å²) < 4.78 is 18.8. The second-order valence-corrected chi connectivity index (χ2v) is 10.8. The number of nitrogens with one attached hydrogen (secondary N) is 1.